The van der Waals surface area contributed by atoms with Gasteiger partial charge in [-0.15, -0.1) is 0 Å². The van der Waals surface area contributed by atoms with Crippen LogP contribution >= 0.6 is 0 Å². The lowest BCUT2D eigenvalue weighted by molar-refractivity contribution is -0.927. The SMILES string of the molecule is c1ccc(C[NH+]2CCO[C@H](C[NH2+]Cc3ccc(-n4cnc5ccccc54)cc3)C2)cc1. The van der Waals surface area contributed by atoms with Crippen molar-refractivity contribution in [3.8, 4) is 5.69 Å². The van der Waals surface area contributed by atoms with Crippen LogP contribution in [0.1, 0.15) is 11.1 Å². The van der Waals surface area contributed by atoms with Crippen molar-refractivity contribution in [2.75, 3.05) is 26.2 Å². The molecule has 4 aromatic rings. The van der Waals surface area contributed by atoms with Crippen LogP contribution in [-0.2, 0) is 17.8 Å². The Hall–Kier alpha value is -2.99. The number of nitrogens with one attached hydrogen (secondary N) is 1. The van der Waals surface area contributed by atoms with E-state index in [1.165, 1.54) is 11.1 Å². The van der Waals surface area contributed by atoms with E-state index in [0.717, 1.165) is 56.1 Å². The highest BCUT2D eigenvalue weighted by Gasteiger charge is 2.24. The molecule has 3 aromatic carbocycles. The average molecular weight is 415 g/mol. The molecule has 0 saturated carbocycles. The molecule has 1 unspecified atom stereocenters. The summed E-state index contributed by atoms with van der Waals surface area (Å²) in [5.74, 6) is 0. The maximum absolute atomic E-state index is 6.03. The first kappa shape index (κ1) is 19.9. The molecule has 158 valence electrons. The summed E-state index contributed by atoms with van der Waals surface area (Å²) in [6.07, 6.45) is 2.22. The number of rotatable bonds is 7. The van der Waals surface area contributed by atoms with Crippen molar-refractivity contribution in [3.05, 3.63) is 96.3 Å². The van der Waals surface area contributed by atoms with Crippen molar-refractivity contribution in [1.82, 2.24) is 9.55 Å². The zero-order valence-corrected chi connectivity index (χ0v) is 17.8. The highest BCUT2D eigenvalue weighted by molar-refractivity contribution is 5.77. The van der Waals surface area contributed by atoms with Crippen LogP contribution in [-0.4, -0.2) is 41.9 Å². The predicted molar refractivity (Wildman–Crippen MR) is 122 cm³/mol. The molecule has 5 rings (SSSR count). The number of para-hydroxylation sites is 2. The number of hydrogen-bond acceptors (Lipinski definition) is 2. The number of hydrogen-bond donors (Lipinski definition) is 2. The Balaban J connectivity index is 1.13. The number of nitrogens with zero attached hydrogens (tertiary/aromatic N) is 2. The standard InChI is InChI=1S/C26H28N4O/c1-2-6-22(7-3-1)18-29-14-15-31-24(19-29)17-27-16-21-10-12-23(13-11-21)30-20-28-25-8-4-5-9-26(25)30/h1-13,20,24,27H,14-19H2/p+2/t24-/m1/s1. The molecule has 5 heteroatoms. The topological polar surface area (TPSA) is 48.1 Å². The molecule has 5 nitrogen and oxygen atoms in total. The van der Waals surface area contributed by atoms with Crippen molar-refractivity contribution in [3.63, 3.8) is 0 Å². The lowest BCUT2D eigenvalue weighted by Gasteiger charge is -2.29. The van der Waals surface area contributed by atoms with Gasteiger partial charge in [0.15, 0.2) is 6.10 Å². The lowest BCUT2D eigenvalue weighted by atomic mass is 10.1. The van der Waals surface area contributed by atoms with Crippen LogP contribution in [0, 0.1) is 0 Å². The summed E-state index contributed by atoms with van der Waals surface area (Å²) in [6.45, 7) is 6.10. The molecule has 31 heavy (non-hydrogen) atoms. The van der Waals surface area contributed by atoms with E-state index in [-0.39, 0.29) is 0 Å². The van der Waals surface area contributed by atoms with Crippen LogP contribution in [0.2, 0.25) is 0 Å². The molecule has 2 atom stereocenters. The summed E-state index contributed by atoms with van der Waals surface area (Å²) in [7, 11) is 0. The number of ether oxygens (including phenoxy) is 1. The highest BCUT2D eigenvalue weighted by Crippen LogP contribution is 2.18. The number of morpholine rings is 1. The first-order chi connectivity index (χ1) is 15.3. The first-order valence-corrected chi connectivity index (χ1v) is 11.2. The number of benzene rings is 3. The fourth-order valence-electron chi connectivity index (χ4n) is 4.44. The molecule has 1 fully saturated rings. The van der Waals surface area contributed by atoms with E-state index in [1.54, 1.807) is 4.90 Å². The van der Waals surface area contributed by atoms with E-state index < -0.39 is 0 Å². The molecule has 1 aliphatic rings. The van der Waals surface area contributed by atoms with E-state index in [9.17, 15) is 0 Å². The molecule has 0 bridgehead atoms. The number of quaternary nitrogens is 2. The van der Waals surface area contributed by atoms with Crippen molar-refractivity contribution < 1.29 is 15.0 Å². The zero-order valence-electron chi connectivity index (χ0n) is 17.8. The minimum Gasteiger partial charge on any atom is -0.361 e. The largest absolute Gasteiger partial charge is 0.361 e. The van der Waals surface area contributed by atoms with Gasteiger partial charge in [0.05, 0.1) is 17.6 Å². The second-order valence-electron chi connectivity index (χ2n) is 8.36. The van der Waals surface area contributed by atoms with Crippen LogP contribution in [0.3, 0.4) is 0 Å². The summed E-state index contributed by atoms with van der Waals surface area (Å²) in [5, 5.41) is 2.37. The van der Waals surface area contributed by atoms with Gasteiger partial charge in [0, 0.05) is 16.8 Å². The Labute approximate surface area is 183 Å². The summed E-state index contributed by atoms with van der Waals surface area (Å²) in [6, 6.07) is 27.8. The minimum atomic E-state index is 0.323. The Morgan fingerprint density at radius 1 is 0.935 bits per heavy atom. The van der Waals surface area contributed by atoms with Crippen molar-refractivity contribution in [2.45, 2.75) is 19.2 Å². The fraction of sp³-hybridized carbons (Fsp3) is 0.269. The first-order valence-electron chi connectivity index (χ1n) is 11.2. The quantitative estimate of drug-likeness (QED) is 0.482. The van der Waals surface area contributed by atoms with Crippen molar-refractivity contribution in [1.29, 1.82) is 0 Å². The molecule has 3 N–H and O–H groups in total. The van der Waals surface area contributed by atoms with Crippen LogP contribution < -0.4 is 10.2 Å². The Bertz CT molecular complexity index is 1110. The number of nitrogens with two attached hydrogens (primary N) is 1. The third kappa shape index (κ3) is 4.85. The predicted octanol–water partition coefficient (Wildman–Crippen LogP) is 1.57. The van der Waals surface area contributed by atoms with Gasteiger partial charge in [-0.2, -0.15) is 0 Å². The fourth-order valence-corrected chi connectivity index (χ4v) is 4.44. The Kier molecular flexibility index (Phi) is 6.07. The molecule has 1 saturated heterocycles. The van der Waals surface area contributed by atoms with E-state index in [2.05, 4.69) is 81.6 Å². The maximum Gasteiger partial charge on any atom is 0.155 e. The Morgan fingerprint density at radius 2 is 1.74 bits per heavy atom. The second kappa shape index (κ2) is 9.43. The average Bonchev–Trinajstić information content (AvgIpc) is 3.25. The van der Waals surface area contributed by atoms with Crippen LogP contribution in [0.15, 0.2) is 85.2 Å². The smallest absolute Gasteiger partial charge is 0.155 e. The Morgan fingerprint density at radius 3 is 2.61 bits per heavy atom. The number of fused-ring (bicyclic) bond motifs is 1. The summed E-state index contributed by atoms with van der Waals surface area (Å²) in [5.41, 5.74) is 6.05. The van der Waals surface area contributed by atoms with Gasteiger partial charge >= 0.3 is 0 Å². The monoisotopic (exact) mass is 414 g/mol. The van der Waals surface area contributed by atoms with Gasteiger partial charge < -0.3 is 15.0 Å². The van der Waals surface area contributed by atoms with Crippen molar-refractivity contribution >= 4 is 11.0 Å². The van der Waals surface area contributed by atoms with Crippen molar-refractivity contribution in [2.24, 2.45) is 0 Å². The maximum atomic E-state index is 6.03. The number of imidazole rings is 1. The molecule has 1 aliphatic heterocycles. The summed E-state index contributed by atoms with van der Waals surface area (Å²) >= 11 is 0. The van der Waals surface area contributed by atoms with Gasteiger partial charge in [0.1, 0.15) is 39.1 Å². The van der Waals surface area contributed by atoms with E-state index in [0.29, 0.717) is 6.10 Å². The van der Waals surface area contributed by atoms with Gasteiger partial charge in [-0.25, -0.2) is 4.98 Å². The molecule has 0 amide bonds. The third-order valence-electron chi connectivity index (χ3n) is 6.10. The molecule has 0 aliphatic carbocycles. The number of aromatic nitrogens is 2. The van der Waals surface area contributed by atoms with Gasteiger partial charge in [-0.1, -0.05) is 54.6 Å². The molecule has 1 aromatic heterocycles. The lowest BCUT2D eigenvalue weighted by Crippen LogP contribution is -3.14. The van der Waals surface area contributed by atoms with Crippen LogP contribution in [0.4, 0.5) is 0 Å². The second-order valence-corrected chi connectivity index (χ2v) is 8.36. The molecule has 0 radical (unpaired) electrons. The van der Waals surface area contributed by atoms with E-state index in [4.69, 9.17) is 4.74 Å². The molecular weight excluding hydrogens is 384 g/mol. The van der Waals surface area contributed by atoms with Gasteiger partial charge in [0.25, 0.3) is 0 Å². The van der Waals surface area contributed by atoms with Gasteiger partial charge in [0.2, 0.25) is 0 Å². The van der Waals surface area contributed by atoms with Crippen LogP contribution in [0.5, 0.6) is 0 Å². The summed E-state index contributed by atoms with van der Waals surface area (Å²) < 4.78 is 8.17. The molecule has 2 heterocycles. The highest BCUT2D eigenvalue weighted by atomic mass is 16.5. The third-order valence-corrected chi connectivity index (χ3v) is 6.10. The minimum absolute atomic E-state index is 0.323. The van der Waals surface area contributed by atoms with E-state index in [1.807, 2.05) is 18.5 Å². The zero-order chi connectivity index (χ0) is 20.9. The van der Waals surface area contributed by atoms with Crippen LogP contribution in [0.25, 0.3) is 16.7 Å². The van der Waals surface area contributed by atoms with E-state index >= 15 is 0 Å². The normalized spacial score (nSPS) is 19.0. The molecule has 0 spiro atoms. The van der Waals surface area contributed by atoms with Gasteiger partial charge in [-0.05, 0) is 24.3 Å². The molecular formula is C26H30N4O+2. The van der Waals surface area contributed by atoms with Gasteiger partial charge in [-0.3, -0.25) is 4.57 Å². The summed E-state index contributed by atoms with van der Waals surface area (Å²) in [4.78, 5) is 6.11.